The number of rotatable bonds is 4. The Hall–Kier alpha value is -3.91. The first kappa shape index (κ1) is 18.5. The van der Waals surface area contributed by atoms with Crippen molar-refractivity contribution in [2.24, 2.45) is 0 Å². The van der Waals surface area contributed by atoms with E-state index in [-0.39, 0.29) is 11.9 Å². The number of para-hydroxylation sites is 2. The van der Waals surface area contributed by atoms with Crippen molar-refractivity contribution < 1.29 is 4.79 Å². The standard InChI is InChI=1S/C24H20N4O/c1-17(27(2)24(29)20-7-5-6-18(14-20)15-25)19-10-12-21(13-11-19)28-16-26-22-8-3-4-9-23(22)28/h3-14,16-17H,1-2H3. The molecule has 1 aromatic heterocycles. The Balaban J connectivity index is 1.56. The molecule has 1 amide bonds. The molecule has 142 valence electrons. The molecule has 29 heavy (non-hydrogen) atoms. The van der Waals surface area contributed by atoms with E-state index in [1.165, 1.54) is 0 Å². The number of nitrogens with zero attached hydrogens (tertiary/aromatic N) is 4. The Morgan fingerprint density at radius 1 is 1.07 bits per heavy atom. The van der Waals surface area contributed by atoms with Gasteiger partial charge in [-0.3, -0.25) is 9.36 Å². The van der Waals surface area contributed by atoms with E-state index in [4.69, 9.17) is 5.26 Å². The van der Waals surface area contributed by atoms with Gasteiger partial charge in [-0.05, 0) is 55.0 Å². The highest BCUT2D eigenvalue weighted by Gasteiger charge is 2.19. The van der Waals surface area contributed by atoms with Crippen LogP contribution in [0.15, 0.2) is 79.1 Å². The molecule has 0 saturated carbocycles. The molecule has 0 aliphatic rings. The predicted molar refractivity (Wildman–Crippen MR) is 113 cm³/mol. The quantitative estimate of drug-likeness (QED) is 0.514. The number of nitriles is 1. The van der Waals surface area contributed by atoms with E-state index >= 15 is 0 Å². The van der Waals surface area contributed by atoms with Crippen LogP contribution in [-0.2, 0) is 0 Å². The Morgan fingerprint density at radius 2 is 1.83 bits per heavy atom. The SMILES string of the molecule is CC(c1ccc(-n2cnc3ccccc32)cc1)N(C)C(=O)c1cccc(C#N)c1. The lowest BCUT2D eigenvalue weighted by Crippen LogP contribution is -2.29. The van der Waals surface area contributed by atoms with E-state index in [9.17, 15) is 4.79 Å². The van der Waals surface area contributed by atoms with Gasteiger partial charge in [0.05, 0.1) is 28.7 Å². The minimum absolute atomic E-state index is 0.109. The van der Waals surface area contributed by atoms with Gasteiger partial charge >= 0.3 is 0 Å². The average molecular weight is 380 g/mol. The second-order valence-electron chi connectivity index (χ2n) is 6.98. The molecule has 0 aliphatic heterocycles. The number of imidazole rings is 1. The van der Waals surface area contributed by atoms with Crippen molar-refractivity contribution in [3.05, 3.63) is 95.8 Å². The molecule has 1 heterocycles. The summed E-state index contributed by atoms with van der Waals surface area (Å²) in [4.78, 5) is 19.0. The van der Waals surface area contributed by atoms with Gasteiger partial charge in [-0.25, -0.2) is 4.98 Å². The maximum Gasteiger partial charge on any atom is 0.254 e. The molecule has 0 spiro atoms. The van der Waals surface area contributed by atoms with Crippen LogP contribution in [0.1, 0.15) is 34.5 Å². The molecule has 1 atom stereocenters. The molecule has 0 aliphatic carbocycles. The zero-order valence-corrected chi connectivity index (χ0v) is 16.3. The molecule has 0 N–H and O–H groups in total. The number of carbonyl (C=O) groups is 1. The predicted octanol–water partition coefficient (Wildman–Crippen LogP) is 4.73. The number of benzene rings is 3. The molecular weight excluding hydrogens is 360 g/mol. The summed E-state index contributed by atoms with van der Waals surface area (Å²) in [6, 6.07) is 24.9. The molecule has 4 rings (SSSR count). The van der Waals surface area contributed by atoms with Gasteiger partial charge in [-0.1, -0.05) is 30.3 Å². The third-order valence-electron chi connectivity index (χ3n) is 5.25. The van der Waals surface area contributed by atoms with E-state index in [0.29, 0.717) is 11.1 Å². The number of hydrogen-bond donors (Lipinski definition) is 0. The number of carbonyl (C=O) groups excluding carboxylic acids is 1. The zero-order chi connectivity index (χ0) is 20.4. The zero-order valence-electron chi connectivity index (χ0n) is 16.3. The molecule has 0 fully saturated rings. The van der Waals surface area contributed by atoms with Crippen LogP contribution >= 0.6 is 0 Å². The van der Waals surface area contributed by atoms with Crippen LogP contribution in [0.3, 0.4) is 0 Å². The molecule has 5 heteroatoms. The highest BCUT2D eigenvalue weighted by molar-refractivity contribution is 5.94. The van der Waals surface area contributed by atoms with Gasteiger partial charge < -0.3 is 4.90 Å². The van der Waals surface area contributed by atoms with Crippen LogP contribution in [0.25, 0.3) is 16.7 Å². The van der Waals surface area contributed by atoms with Gasteiger partial charge in [0.2, 0.25) is 0 Å². The fourth-order valence-electron chi connectivity index (χ4n) is 3.40. The Bertz CT molecular complexity index is 1220. The van der Waals surface area contributed by atoms with Crippen molar-refractivity contribution in [2.45, 2.75) is 13.0 Å². The van der Waals surface area contributed by atoms with E-state index in [1.54, 1.807) is 36.2 Å². The first-order valence-electron chi connectivity index (χ1n) is 9.38. The Kier molecular flexibility index (Phi) is 4.84. The second-order valence-corrected chi connectivity index (χ2v) is 6.98. The number of hydrogen-bond acceptors (Lipinski definition) is 3. The summed E-state index contributed by atoms with van der Waals surface area (Å²) in [5.74, 6) is -0.112. The van der Waals surface area contributed by atoms with Gasteiger partial charge in [-0.15, -0.1) is 0 Å². The van der Waals surface area contributed by atoms with E-state index < -0.39 is 0 Å². The monoisotopic (exact) mass is 380 g/mol. The fourth-order valence-corrected chi connectivity index (χ4v) is 3.40. The van der Waals surface area contributed by atoms with Crippen molar-refractivity contribution in [1.29, 1.82) is 5.26 Å². The Labute approximate surface area is 169 Å². The average Bonchev–Trinajstić information content (AvgIpc) is 3.22. The third-order valence-corrected chi connectivity index (χ3v) is 5.25. The maximum atomic E-state index is 12.8. The molecule has 0 saturated heterocycles. The molecular formula is C24H20N4O. The minimum Gasteiger partial charge on any atom is -0.335 e. The summed E-state index contributed by atoms with van der Waals surface area (Å²) in [5.41, 5.74) is 5.05. The lowest BCUT2D eigenvalue weighted by molar-refractivity contribution is 0.0742. The topological polar surface area (TPSA) is 61.9 Å². The summed E-state index contributed by atoms with van der Waals surface area (Å²) in [6.45, 7) is 1.99. The van der Waals surface area contributed by atoms with Gasteiger partial charge in [0.15, 0.2) is 0 Å². The summed E-state index contributed by atoms with van der Waals surface area (Å²) in [7, 11) is 1.78. The minimum atomic E-state index is -0.112. The summed E-state index contributed by atoms with van der Waals surface area (Å²) in [5, 5.41) is 9.06. The van der Waals surface area contributed by atoms with Gasteiger partial charge in [0.1, 0.15) is 6.33 Å². The van der Waals surface area contributed by atoms with Crippen molar-refractivity contribution >= 4 is 16.9 Å². The summed E-state index contributed by atoms with van der Waals surface area (Å²) >= 11 is 0. The second kappa shape index (κ2) is 7.61. The van der Waals surface area contributed by atoms with Crippen LogP contribution in [0, 0.1) is 11.3 Å². The van der Waals surface area contributed by atoms with Gasteiger partial charge in [-0.2, -0.15) is 5.26 Å². The van der Waals surface area contributed by atoms with Crippen LogP contribution in [0.5, 0.6) is 0 Å². The lowest BCUT2D eigenvalue weighted by Gasteiger charge is -2.25. The molecule has 1 unspecified atom stereocenters. The molecule has 3 aromatic carbocycles. The Morgan fingerprint density at radius 3 is 2.59 bits per heavy atom. The fraction of sp³-hybridized carbons (Fsp3) is 0.125. The summed E-state index contributed by atoms with van der Waals surface area (Å²) in [6.07, 6.45) is 1.82. The molecule has 4 aromatic rings. The number of aromatic nitrogens is 2. The first-order valence-corrected chi connectivity index (χ1v) is 9.38. The summed E-state index contributed by atoms with van der Waals surface area (Å²) < 4.78 is 2.05. The lowest BCUT2D eigenvalue weighted by atomic mass is 10.0. The van der Waals surface area contributed by atoms with Crippen LogP contribution in [-0.4, -0.2) is 27.4 Å². The number of fused-ring (bicyclic) bond motifs is 1. The van der Waals surface area contributed by atoms with Crippen LogP contribution in [0.2, 0.25) is 0 Å². The molecule has 5 nitrogen and oxygen atoms in total. The van der Waals surface area contributed by atoms with Crippen molar-refractivity contribution in [3.63, 3.8) is 0 Å². The third kappa shape index (κ3) is 3.48. The molecule has 0 bridgehead atoms. The van der Waals surface area contributed by atoms with E-state index in [0.717, 1.165) is 22.3 Å². The van der Waals surface area contributed by atoms with Crippen molar-refractivity contribution in [1.82, 2.24) is 14.5 Å². The van der Waals surface area contributed by atoms with E-state index in [1.807, 2.05) is 66.3 Å². The van der Waals surface area contributed by atoms with E-state index in [2.05, 4.69) is 11.1 Å². The maximum absolute atomic E-state index is 12.8. The van der Waals surface area contributed by atoms with Crippen LogP contribution in [0.4, 0.5) is 0 Å². The number of amides is 1. The highest BCUT2D eigenvalue weighted by Crippen LogP contribution is 2.24. The first-order chi connectivity index (χ1) is 14.1. The largest absolute Gasteiger partial charge is 0.335 e. The van der Waals surface area contributed by atoms with Gasteiger partial charge in [0, 0.05) is 18.3 Å². The van der Waals surface area contributed by atoms with Crippen molar-refractivity contribution in [3.8, 4) is 11.8 Å². The smallest absolute Gasteiger partial charge is 0.254 e. The van der Waals surface area contributed by atoms with Crippen LogP contribution < -0.4 is 0 Å². The molecule has 0 radical (unpaired) electrons. The highest BCUT2D eigenvalue weighted by atomic mass is 16.2. The normalized spacial score (nSPS) is 11.8. The van der Waals surface area contributed by atoms with Gasteiger partial charge in [0.25, 0.3) is 5.91 Å². The van der Waals surface area contributed by atoms with Crippen molar-refractivity contribution in [2.75, 3.05) is 7.05 Å².